The Labute approximate surface area is 162 Å². The van der Waals surface area contributed by atoms with Crippen molar-refractivity contribution in [3.63, 3.8) is 0 Å². The standard InChI is InChI=1S/C21H21ClN2O3/c1-13(2)12-24-20(25)17-10-5-4-9-16(17)19(23-24)21(26)27-14(3)15-8-6-7-11-18(15)22/h4-11,13-14H,12H2,1-3H3/t14-/m0/s1. The van der Waals surface area contributed by atoms with Crippen molar-refractivity contribution in [1.29, 1.82) is 0 Å². The molecule has 1 atom stereocenters. The summed E-state index contributed by atoms with van der Waals surface area (Å²) in [5, 5.41) is 5.77. The largest absolute Gasteiger partial charge is 0.453 e. The van der Waals surface area contributed by atoms with Gasteiger partial charge in [0.1, 0.15) is 6.10 Å². The van der Waals surface area contributed by atoms with Gasteiger partial charge in [0.25, 0.3) is 5.56 Å². The molecule has 27 heavy (non-hydrogen) atoms. The number of halogens is 1. The van der Waals surface area contributed by atoms with Crippen LogP contribution in [0.5, 0.6) is 0 Å². The van der Waals surface area contributed by atoms with E-state index in [4.69, 9.17) is 16.3 Å². The monoisotopic (exact) mass is 384 g/mol. The zero-order valence-corrected chi connectivity index (χ0v) is 16.2. The molecule has 0 aliphatic heterocycles. The van der Waals surface area contributed by atoms with Crippen LogP contribution in [0.25, 0.3) is 10.8 Å². The average Bonchev–Trinajstić information content (AvgIpc) is 2.64. The summed E-state index contributed by atoms with van der Waals surface area (Å²) in [5.74, 6) is -0.376. The molecule has 0 spiro atoms. The first-order valence-corrected chi connectivity index (χ1v) is 9.21. The SMILES string of the molecule is CC(C)Cn1nc(C(=O)O[C@@H](C)c2ccccc2Cl)c2ccccc2c1=O. The summed E-state index contributed by atoms with van der Waals surface area (Å²) in [5.41, 5.74) is 0.632. The van der Waals surface area contributed by atoms with Gasteiger partial charge in [-0.3, -0.25) is 4.79 Å². The number of rotatable bonds is 5. The fourth-order valence-electron chi connectivity index (χ4n) is 2.94. The minimum Gasteiger partial charge on any atom is -0.453 e. The quantitative estimate of drug-likeness (QED) is 0.602. The molecule has 3 rings (SSSR count). The number of aromatic nitrogens is 2. The Balaban J connectivity index is 2.02. The lowest BCUT2D eigenvalue weighted by Gasteiger charge is -2.16. The fourth-order valence-corrected chi connectivity index (χ4v) is 3.23. The molecular formula is C21H21ClN2O3. The second kappa shape index (κ2) is 7.92. The molecule has 3 aromatic rings. The first kappa shape index (κ1) is 19.1. The van der Waals surface area contributed by atoms with E-state index in [9.17, 15) is 9.59 Å². The van der Waals surface area contributed by atoms with Crippen LogP contribution in [0.3, 0.4) is 0 Å². The molecule has 0 N–H and O–H groups in total. The third-order valence-corrected chi connectivity index (χ3v) is 4.57. The van der Waals surface area contributed by atoms with E-state index in [0.29, 0.717) is 27.9 Å². The molecule has 140 valence electrons. The van der Waals surface area contributed by atoms with Crippen LogP contribution >= 0.6 is 11.6 Å². The number of ether oxygens (including phenoxy) is 1. The Morgan fingerprint density at radius 3 is 2.37 bits per heavy atom. The van der Waals surface area contributed by atoms with Crippen LogP contribution in [0.1, 0.15) is 42.9 Å². The molecule has 1 aromatic heterocycles. The summed E-state index contributed by atoms with van der Waals surface area (Å²) >= 11 is 6.19. The van der Waals surface area contributed by atoms with Gasteiger partial charge in [-0.2, -0.15) is 5.10 Å². The van der Waals surface area contributed by atoms with E-state index >= 15 is 0 Å². The number of hydrogen-bond acceptors (Lipinski definition) is 4. The van der Waals surface area contributed by atoms with Crippen LogP contribution in [-0.2, 0) is 11.3 Å². The van der Waals surface area contributed by atoms with Gasteiger partial charge in [-0.25, -0.2) is 9.48 Å². The molecule has 5 nitrogen and oxygen atoms in total. The molecule has 0 aliphatic rings. The average molecular weight is 385 g/mol. The van der Waals surface area contributed by atoms with Gasteiger partial charge in [0.15, 0.2) is 5.69 Å². The van der Waals surface area contributed by atoms with E-state index < -0.39 is 12.1 Å². The van der Waals surface area contributed by atoms with E-state index in [0.717, 1.165) is 0 Å². The van der Waals surface area contributed by atoms with Crippen molar-refractivity contribution in [3.05, 3.63) is 75.2 Å². The maximum absolute atomic E-state index is 12.9. The van der Waals surface area contributed by atoms with Crippen LogP contribution in [-0.4, -0.2) is 15.7 Å². The lowest BCUT2D eigenvalue weighted by molar-refractivity contribution is 0.0330. The second-order valence-electron chi connectivity index (χ2n) is 6.84. The predicted molar refractivity (Wildman–Crippen MR) is 106 cm³/mol. The number of benzene rings is 2. The maximum Gasteiger partial charge on any atom is 0.360 e. The molecule has 0 fully saturated rings. The normalized spacial score (nSPS) is 12.3. The summed E-state index contributed by atoms with van der Waals surface area (Å²) in [7, 11) is 0. The highest BCUT2D eigenvalue weighted by Crippen LogP contribution is 2.26. The molecule has 1 heterocycles. The molecule has 0 saturated carbocycles. The van der Waals surface area contributed by atoms with Gasteiger partial charge in [0.2, 0.25) is 0 Å². The van der Waals surface area contributed by atoms with Crippen LogP contribution in [0.4, 0.5) is 0 Å². The number of fused-ring (bicyclic) bond motifs is 1. The van der Waals surface area contributed by atoms with E-state index in [2.05, 4.69) is 5.10 Å². The molecule has 0 radical (unpaired) electrons. The van der Waals surface area contributed by atoms with Crippen LogP contribution < -0.4 is 5.56 Å². The third-order valence-electron chi connectivity index (χ3n) is 4.23. The van der Waals surface area contributed by atoms with E-state index in [-0.39, 0.29) is 17.2 Å². The number of nitrogens with zero attached hydrogens (tertiary/aromatic N) is 2. The highest BCUT2D eigenvalue weighted by molar-refractivity contribution is 6.31. The van der Waals surface area contributed by atoms with E-state index in [1.807, 2.05) is 32.0 Å². The first-order valence-electron chi connectivity index (χ1n) is 8.83. The van der Waals surface area contributed by atoms with Crippen LogP contribution in [0, 0.1) is 5.92 Å². The molecular weight excluding hydrogens is 364 g/mol. The summed E-state index contributed by atoms with van der Waals surface area (Å²) in [6.45, 7) is 6.15. The van der Waals surface area contributed by atoms with Gasteiger partial charge >= 0.3 is 5.97 Å². The Kier molecular flexibility index (Phi) is 5.61. The second-order valence-corrected chi connectivity index (χ2v) is 7.25. The van der Waals surface area contributed by atoms with Gasteiger partial charge in [0.05, 0.1) is 5.39 Å². The molecule has 0 unspecified atom stereocenters. The number of hydrogen-bond donors (Lipinski definition) is 0. The lowest BCUT2D eigenvalue weighted by atomic mass is 10.1. The van der Waals surface area contributed by atoms with Gasteiger partial charge in [-0.05, 0) is 25.0 Å². The Bertz CT molecular complexity index is 1040. The summed E-state index contributed by atoms with van der Waals surface area (Å²) < 4.78 is 6.95. The number of carbonyl (C=O) groups excluding carboxylic acids is 1. The molecule has 2 aromatic carbocycles. The number of carbonyl (C=O) groups is 1. The number of esters is 1. The molecule has 0 aliphatic carbocycles. The smallest absolute Gasteiger partial charge is 0.360 e. The van der Waals surface area contributed by atoms with Gasteiger partial charge in [-0.1, -0.05) is 61.8 Å². The molecule has 0 saturated heterocycles. The summed E-state index contributed by atoms with van der Waals surface area (Å²) in [6, 6.07) is 14.2. The summed E-state index contributed by atoms with van der Waals surface area (Å²) in [4.78, 5) is 25.5. The van der Waals surface area contributed by atoms with Gasteiger partial charge < -0.3 is 4.74 Å². The minimum atomic E-state index is -0.587. The molecule has 6 heteroatoms. The Hall–Kier alpha value is -2.66. The van der Waals surface area contributed by atoms with Crippen molar-refractivity contribution >= 4 is 28.3 Å². The van der Waals surface area contributed by atoms with Crippen molar-refractivity contribution in [3.8, 4) is 0 Å². The minimum absolute atomic E-state index is 0.129. The zero-order chi connectivity index (χ0) is 19.6. The van der Waals surface area contributed by atoms with Gasteiger partial charge in [0, 0.05) is 22.5 Å². The van der Waals surface area contributed by atoms with E-state index in [1.54, 1.807) is 37.3 Å². The Morgan fingerprint density at radius 1 is 1.07 bits per heavy atom. The highest BCUT2D eigenvalue weighted by atomic mass is 35.5. The predicted octanol–water partition coefficient (Wildman–Crippen LogP) is 4.62. The van der Waals surface area contributed by atoms with Crippen molar-refractivity contribution in [2.45, 2.75) is 33.4 Å². The van der Waals surface area contributed by atoms with Crippen molar-refractivity contribution in [2.24, 2.45) is 5.92 Å². The van der Waals surface area contributed by atoms with E-state index in [1.165, 1.54) is 4.68 Å². The Morgan fingerprint density at radius 2 is 1.70 bits per heavy atom. The zero-order valence-electron chi connectivity index (χ0n) is 15.5. The maximum atomic E-state index is 12.9. The summed E-state index contributed by atoms with van der Waals surface area (Å²) in [6.07, 6.45) is -0.544. The highest BCUT2D eigenvalue weighted by Gasteiger charge is 2.21. The third kappa shape index (κ3) is 4.03. The van der Waals surface area contributed by atoms with Crippen LogP contribution in [0.2, 0.25) is 5.02 Å². The van der Waals surface area contributed by atoms with Crippen molar-refractivity contribution in [1.82, 2.24) is 9.78 Å². The first-order chi connectivity index (χ1) is 12.9. The molecule has 0 bridgehead atoms. The molecule has 0 amide bonds. The van der Waals surface area contributed by atoms with Gasteiger partial charge in [-0.15, -0.1) is 0 Å². The topological polar surface area (TPSA) is 61.2 Å². The van der Waals surface area contributed by atoms with Crippen molar-refractivity contribution in [2.75, 3.05) is 0 Å². The fraction of sp³-hybridized carbons (Fsp3) is 0.286. The van der Waals surface area contributed by atoms with Crippen molar-refractivity contribution < 1.29 is 9.53 Å². The van der Waals surface area contributed by atoms with Crippen LogP contribution in [0.15, 0.2) is 53.3 Å². The lowest BCUT2D eigenvalue weighted by Crippen LogP contribution is -2.28.